The Morgan fingerprint density at radius 1 is 0.348 bits per heavy atom. The third-order valence-electron chi connectivity index (χ3n) is 1.72. The van der Waals surface area contributed by atoms with Crippen molar-refractivity contribution in [2.75, 3.05) is 0 Å². The van der Waals surface area contributed by atoms with E-state index in [1.54, 1.807) is 0 Å². The lowest BCUT2D eigenvalue weighted by atomic mass is 10.3. The van der Waals surface area contributed by atoms with Crippen LogP contribution in [0, 0.1) is 0 Å². The van der Waals surface area contributed by atoms with Crippen molar-refractivity contribution in [3.05, 3.63) is 60.7 Å². The molecule has 0 atom stereocenters. The summed E-state index contributed by atoms with van der Waals surface area (Å²) in [5.74, 6) is 1.74. The fourth-order valence-corrected chi connectivity index (χ4v) is 1.11. The van der Waals surface area contributed by atoms with Gasteiger partial charge in [-0.2, -0.15) is 0 Å². The van der Waals surface area contributed by atoms with Gasteiger partial charge in [0, 0.05) is 0 Å². The molecule has 0 aliphatic rings. The van der Waals surface area contributed by atoms with E-state index in [1.807, 2.05) is 60.7 Å². The first-order valence-corrected chi connectivity index (χ1v) is 4.23. The van der Waals surface area contributed by atoms with E-state index >= 15 is 0 Å². The minimum Gasteiger partial charge on any atom is -0.457 e. The summed E-state index contributed by atoms with van der Waals surface area (Å²) < 4.78 is 5.58. The fourth-order valence-electron chi connectivity index (χ4n) is 1.11. The van der Waals surface area contributed by atoms with Crippen LogP contribution in [0.15, 0.2) is 60.7 Å². The lowest BCUT2D eigenvalue weighted by Crippen LogP contribution is -1.81. The van der Waals surface area contributed by atoms with Crippen LogP contribution in [0.1, 0.15) is 0 Å². The molecule has 11 heteroatoms. The molecule has 0 bridgehead atoms. The minimum atomic E-state index is 0. The molecule has 0 saturated carbocycles. The van der Waals surface area contributed by atoms with Gasteiger partial charge in [-0.3, -0.25) is 0 Å². The van der Waals surface area contributed by atoms with Crippen molar-refractivity contribution in [3.8, 4) is 11.5 Å². The molecule has 0 aliphatic carbocycles. The van der Waals surface area contributed by atoms with Gasteiger partial charge in [0.15, 0.2) is 0 Å². The van der Waals surface area contributed by atoms with Crippen LogP contribution in [0.25, 0.3) is 0 Å². The molecule has 0 radical (unpaired) electrons. The number of rotatable bonds is 2. The van der Waals surface area contributed by atoms with Crippen LogP contribution in [0.5, 0.6) is 11.5 Å². The molecule has 0 aliphatic heterocycles. The van der Waals surface area contributed by atoms with E-state index in [9.17, 15) is 0 Å². The van der Waals surface area contributed by atoms with E-state index in [4.69, 9.17) is 4.74 Å². The van der Waals surface area contributed by atoms with Crippen LogP contribution < -0.4 is 4.74 Å². The lowest BCUT2D eigenvalue weighted by molar-refractivity contribution is 0.482. The molecule has 0 heterocycles. The Kier molecular flexibility index (Phi) is 88.1. The molecule has 144 valence electrons. The molecule has 0 fully saturated rings. The van der Waals surface area contributed by atoms with E-state index in [0.29, 0.717) is 0 Å². The third kappa shape index (κ3) is 25.0. The van der Waals surface area contributed by atoms with Gasteiger partial charge in [-0.05, 0) is 24.3 Å². The van der Waals surface area contributed by atoms with Gasteiger partial charge in [0.2, 0.25) is 0 Å². The van der Waals surface area contributed by atoms with Gasteiger partial charge in [0.05, 0.1) is 0 Å². The maximum Gasteiger partial charge on any atom is 0.127 e. The van der Waals surface area contributed by atoms with Crippen molar-refractivity contribution in [1.29, 1.82) is 0 Å². The van der Waals surface area contributed by atoms with Gasteiger partial charge in [0.25, 0.3) is 0 Å². The number of para-hydroxylation sites is 2. The monoisotopic (exact) mass is 969 g/mol. The van der Waals surface area contributed by atoms with Crippen LogP contribution in [0.4, 0.5) is 0 Å². The van der Waals surface area contributed by atoms with Crippen LogP contribution >= 0.6 is 170 Å². The summed E-state index contributed by atoms with van der Waals surface area (Å²) in [6.45, 7) is 0. The molecule has 2 aromatic carbocycles. The second-order valence-corrected chi connectivity index (χ2v) is 2.73. The summed E-state index contributed by atoms with van der Waals surface area (Å²) in [5.41, 5.74) is 0. The van der Waals surface area contributed by atoms with Gasteiger partial charge in [-0.25, -0.2) is 0 Å². The molecule has 1 nitrogen and oxygen atoms in total. The maximum absolute atomic E-state index is 5.58. The highest BCUT2D eigenvalue weighted by atomic mass is 79.9. The van der Waals surface area contributed by atoms with Crippen molar-refractivity contribution in [2.24, 2.45) is 0 Å². The molecule has 23 heavy (non-hydrogen) atoms. The molecule has 0 spiro atoms. The Labute approximate surface area is 243 Å². The van der Waals surface area contributed by atoms with Crippen molar-refractivity contribution < 1.29 is 4.74 Å². The number of hydrogen-bond acceptors (Lipinski definition) is 1. The summed E-state index contributed by atoms with van der Waals surface area (Å²) in [6, 6.07) is 19.5. The summed E-state index contributed by atoms with van der Waals surface area (Å²) in [4.78, 5) is 0. The molecular formula is C12H20Br10O. The van der Waals surface area contributed by atoms with Crippen LogP contribution in [-0.4, -0.2) is 0 Å². The average molecular weight is 979 g/mol. The Morgan fingerprint density at radius 3 is 0.783 bits per heavy atom. The Bertz CT molecular complexity index is 339. The largest absolute Gasteiger partial charge is 0.457 e. The smallest absolute Gasteiger partial charge is 0.127 e. The standard InChI is InChI=1S/C12H10O.10BrH/c1-3-7-11(8-4-1)13-12-9-5-2-6-10-12;;;;;;;;;;/h1-10H;10*1H. The zero-order valence-electron chi connectivity index (χ0n) is 11.3. The first-order valence-electron chi connectivity index (χ1n) is 4.23. The highest BCUT2D eigenvalue weighted by Gasteiger charge is 1.92. The van der Waals surface area contributed by atoms with Crippen molar-refractivity contribution in [3.63, 3.8) is 0 Å². The van der Waals surface area contributed by atoms with E-state index in [1.165, 1.54) is 0 Å². The maximum atomic E-state index is 5.58. The molecule has 0 saturated heterocycles. The fraction of sp³-hybridized carbons (Fsp3) is 0. The van der Waals surface area contributed by atoms with Crippen molar-refractivity contribution in [2.45, 2.75) is 0 Å². The van der Waals surface area contributed by atoms with Crippen molar-refractivity contribution in [1.82, 2.24) is 0 Å². The highest BCUT2D eigenvalue weighted by molar-refractivity contribution is 8.94. The van der Waals surface area contributed by atoms with Gasteiger partial charge >= 0.3 is 0 Å². The zero-order chi connectivity index (χ0) is 8.93. The molecule has 0 amide bonds. The second kappa shape index (κ2) is 36.0. The molecule has 0 N–H and O–H groups in total. The van der Waals surface area contributed by atoms with Crippen LogP contribution in [0.3, 0.4) is 0 Å². The number of halogens is 10. The Balaban J connectivity index is -0.0000000280. The van der Waals surface area contributed by atoms with Gasteiger partial charge in [-0.1, -0.05) is 36.4 Å². The predicted octanol–water partition coefficient (Wildman–Crippen LogP) is 9.26. The van der Waals surface area contributed by atoms with Crippen LogP contribution in [0.2, 0.25) is 0 Å². The van der Waals surface area contributed by atoms with Gasteiger partial charge in [0.1, 0.15) is 11.5 Å². The summed E-state index contributed by atoms with van der Waals surface area (Å²) >= 11 is 0. The first-order chi connectivity index (χ1) is 6.45. The summed E-state index contributed by atoms with van der Waals surface area (Å²) in [7, 11) is 0. The van der Waals surface area contributed by atoms with E-state index in [2.05, 4.69) is 0 Å². The normalized spacial score (nSPS) is 5.39. The van der Waals surface area contributed by atoms with Crippen molar-refractivity contribution >= 4 is 170 Å². The number of ether oxygens (including phenoxy) is 1. The second-order valence-electron chi connectivity index (χ2n) is 2.73. The summed E-state index contributed by atoms with van der Waals surface area (Å²) in [5, 5.41) is 0. The molecule has 2 rings (SSSR count). The predicted molar refractivity (Wildman–Crippen MR) is 156 cm³/mol. The zero-order valence-corrected chi connectivity index (χ0v) is 28.4. The third-order valence-corrected chi connectivity index (χ3v) is 1.72. The van der Waals surface area contributed by atoms with Gasteiger partial charge < -0.3 is 4.74 Å². The molecule has 2 aromatic rings. The Hall–Kier alpha value is 3.04. The van der Waals surface area contributed by atoms with E-state index in [0.717, 1.165) is 11.5 Å². The first kappa shape index (κ1) is 56.2. The molecule has 0 unspecified atom stereocenters. The van der Waals surface area contributed by atoms with E-state index < -0.39 is 0 Å². The average Bonchev–Trinajstić information content (AvgIpc) is 2.21. The Morgan fingerprint density at radius 2 is 0.565 bits per heavy atom. The summed E-state index contributed by atoms with van der Waals surface area (Å²) in [6.07, 6.45) is 0. The SMILES string of the molecule is Br.Br.Br.Br.Br.Br.Br.Br.Br.Br.c1ccc(Oc2ccccc2)cc1. The van der Waals surface area contributed by atoms with E-state index in [-0.39, 0.29) is 170 Å². The number of benzene rings is 2. The lowest BCUT2D eigenvalue weighted by Gasteiger charge is -2.03. The quantitative estimate of drug-likeness (QED) is 0.292. The highest BCUT2D eigenvalue weighted by Crippen LogP contribution is 2.19. The van der Waals surface area contributed by atoms with Crippen LogP contribution in [-0.2, 0) is 0 Å². The molecule has 0 aromatic heterocycles. The minimum absolute atomic E-state index is 0. The molecular weight excluding hydrogens is 959 g/mol. The number of hydrogen-bond donors (Lipinski definition) is 0. The van der Waals surface area contributed by atoms with Gasteiger partial charge in [-0.15, -0.1) is 170 Å². The topological polar surface area (TPSA) is 9.23 Å².